The van der Waals surface area contributed by atoms with Gasteiger partial charge in [-0.25, -0.2) is 8.42 Å². The molecule has 0 aliphatic heterocycles. The number of nitrogens with zero attached hydrogens (tertiary/aromatic N) is 1. The van der Waals surface area contributed by atoms with Crippen molar-refractivity contribution in [2.24, 2.45) is 0 Å². The summed E-state index contributed by atoms with van der Waals surface area (Å²) in [5.41, 5.74) is 0. The van der Waals surface area contributed by atoms with E-state index in [9.17, 15) is 0 Å². The molecule has 0 amide bonds. The standard InChI is InChI=1S/C56H116N.H2O4S/c1-5-9-13-17-21-25-29-33-37-41-45-49-53-57(54-50-46-42-38-34-30-26-22-18-14-10-6-2,55-51-47-43-39-35-31-27-23-19-15-11-7-3)56-52-48-44-40-36-32-28-24-20-16-12-8-4;1-5(2,3)4/h5-56H2,1-4H3;(H2,1,2,3,4)/q+1;/p-1. The molecule has 0 saturated heterocycles. The molecule has 0 saturated carbocycles. The van der Waals surface area contributed by atoms with Crippen molar-refractivity contribution in [2.75, 3.05) is 26.2 Å². The van der Waals surface area contributed by atoms with Crippen LogP contribution in [0, 0.1) is 0 Å². The Balaban J connectivity index is 0. The highest BCUT2D eigenvalue weighted by Crippen LogP contribution is 2.22. The Bertz CT molecular complexity index is 786. The fourth-order valence-corrected chi connectivity index (χ4v) is 9.82. The Morgan fingerprint density at radius 1 is 0.258 bits per heavy atom. The minimum absolute atomic E-state index is 1.37. The minimum atomic E-state index is -4.92. The molecule has 0 spiro atoms. The summed E-state index contributed by atoms with van der Waals surface area (Å²) in [5, 5.41) is 0. The smallest absolute Gasteiger partial charge is 0.215 e. The van der Waals surface area contributed by atoms with E-state index in [0.29, 0.717) is 0 Å². The fraction of sp³-hybridized carbons (Fsp3) is 1.00. The van der Waals surface area contributed by atoms with E-state index in [0.717, 1.165) is 0 Å². The first-order valence-corrected chi connectivity index (χ1v) is 30.1. The predicted octanol–water partition coefficient (Wildman–Crippen LogP) is 19.6. The topological polar surface area (TPSA) is 77.4 Å². The maximum Gasteiger partial charge on any atom is 0.215 e. The molecule has 0 radical (unpaired) electrons. The van der Waals surface area contributed by atoms with E-state index >= 15 is 0 Å². The molecule has 1 N–H and O–H groups in total. The zero-order valence-electron chi connectivity index (χ0n) is 43.3. The van der Waals surface area contributed by atoms with E-state index in [2.05, 4.69) is 27.7 Å². The fourth-order valence-electron chi connectivity index (χ4n) is 9.82. The second-order valence-corrected chi connectivity index (χ2v) is 21.1. The largest absolute Gasteiger partial charge is 0.726 e. The first-order chi connectivity index (χ1) is 30.2. The van der Waals surface area contributed by atoms with Crippen molar-refractivity contribution < 1.29 is 22.0 Å². The lowest BCUT2D eigenvalue weighted by Crippen LogP contribution is -2.50. The van der Waals surface area contributed by atoms with Crippen LogP contribution in [0.3, 0.4) is 0 Å². The summed E-state index contributed by atoms with van der Waals surface area (Å²) in [4.78, 5) is 0. The molecule has 0 aromatic rings. The molecular formula is C56H117NO4S. The van der Waals surface area contributed by atoms with Crippen LogP contribution in [0.25, 0.3) is 0 Å². The molecular weight excluding hydrogens is 783 g/mol. The Morgan fingerprint density at radius 3 is 0.468 bits per heavy atom. The zero-order valence-corrected chi connectivity index (χ0v) is 44.1. The lowest BCUT2D eigenvalue weighted by atomic mass is 10.0. The summed E-state index contributed by atoms with van der Waals surface area (Å²) in [6.07, 6.45) is 70.7. The lowest BCUT2D eigenvalue weighted by Gasteiger charge is -2.40. The van der Waals surface area contributed by atoms with Crippen molar-refractivity contribution >= 4 is 10.4 Å². The van der Waals surface area contributed by atoms with Crippen molar-refractivity contribution in [1.82, 2.24) is 0 Å². The van der Waals surface area contributed by atoms with Crippen LogP contribution in [0.1, 0.15) is 336 Å². The average molecular weight is 901 g/mol. The molecule has 0 heterocycles. The number of rotatable bonds is 52. The van der Waals surface area contributed by atoms with Crippen LogP contribution in [-0.2, 0) is 10.4 Å². The summed E-state index contributed by atoms with van der Waals surface area (Å²) in [6, 6.07) is 0. The highest BCUT2D eigenvalue weighted by Gasteiger charge is 2.25. The van der Waals surface area contributed by atoms with E-state index in [1.54, 1.807) is 0 Å². The van der Waals surface area contributed by atoms with Gasteiger partial charge in [-0.2, -0.15) is 0 Å². The minimum Gasteiger partial charge on any atom is -0.726 e. The van der Waals surface area contributed by atoms with Gasteiger partial charge in [0.2, 0.25) is 10.4 Å². The highest BCUT2D eigenvalue weighted by molar-refractivity contribution is 7.79. The first-order valence-electron chi connectivity index (χ1n) is 28.8. The third-order valence-electron chi connectivity index (χ3n) is 13.9. The Hall–Kier alpha value is -0.170. The summed E-state index contributed by atoms with van der Waals surface area (Å²) >= 11 is 0. The second kappa shape index (κ2) is 53.4. The molecule has 0 aliphatic carbocycles. The number of quaternary nitrogens is 1. The second-order valence-electron chi connectivity index (χ2n) is 20.2. The molecule has 62 heavy (non-hydrogen) atoms. The molecule has 0 aliphatic rings. The number of hydrogen-bond acceptors (Lipinski definition) is 3. The third-order valence-corrected chi connectivity index (χ3v) is 13.9. The van der Waals surface area contributed by atoms with Gasteiger partial charge >= 0.3 is 0 Å². The van der Waals surface area contributed by atoms with Crippen LogP contribution in [0.2, 0.25) is 0 Å². The quantitative estimate of drug-likeness (QED) is 0.0286. The normalized spacial score (nSPS) is 12.0. The maximum absolute atomic E-state index is 8.63. The van der Waals surface area contributed by atoms with E-state index in [1.807, 2.05) is 0 Å². The van der Waals surface area contributed by atoms with Crippen molar-refractivity contribution in [3.05, 3.63) is 0 Å². The highest BCUT2D eigenvalue weighted by atomic mass is 32.3. The zero-order chi connectivity index (χ0) is 45.8. The molecule has 0 unspecified atom stereocenters. The van der Waals surface area contributed by atoms with E-state index in [1.165, 1.54) is 339 Å². The molecule has 6 heteroatoms. The molecule has 0 aromatic heterocycles. The molecule has 0 atom stereocenters. The van der Waals surface area contributed by atoms with Gasteiger partial charge in [0.15, 0.2) is 0 Å². The van der Waals surface area contributed by atoms with Gasteiger partial charge in [0.25, 0.3) is 0 Å². The van der Waals surface area contributed by atoms with Crippen LogP contribution in [0.5, 0.6) is 0 Å². The summed E-state index contributed by atoms with van der Waals surface area (Å²) in [7, 11) is -4.92. The van der Waals surface area contributed by atoms with Gasteiger partial charge in [-0.15, -0.1) is 0 Å². The Kier molecular flexibility index (Phi) is 55.1. The third kappa shape index (κ3) is 57.8. The van der Waals surface area contributed by atoms with Crippen molar-refractivity contribution in [3.8, 4) is 0 Å². The molecule has 0 aromatic carbocycles. The van der Waals surface area contributed by atoms with Crippen LogP contribution in [0.15, 0.2) is 0 Å². The number of hydrogen-bond donors (Lipinski definition) is 1. The summed E-state index contributed by atoms with van der Waals surface area (Å²) in [6.45, 7) is 15.3. The summed E-state index contributed by atoms with van der Waals surface area (Å²) in [5.74, 6) is 0. The molecule has 5 nitrogen and oxygen atoms in total. The van der Waals surface area contributed by atoms with Crippen LogP contribution in [0.4, 0.5) is 0 Å². The van der Waals surface area contributed by atoms with Crippen molar-refractivity contribution in [2.45, 2.75) is 336 Å². The molecule has 0 fully saturated rings. The van der Waals surface area contributed by atoms with Gasteiger partial charge in [0.05, 0.1) is 26.2 Å². The lowest BCUT2D eigenvalue weighted by molar-refractivity contribution is -0.929. The van der Waals surface area contributed by atoms with Crippen LogP contribution in [-0.4, -0.2) is 48.2 Å². The van der Waals surface area contributed by atoms with Gasteiger partial charge in [0.1, 0.15) is 0 Å². The van der Waals surface area contributed by atoms with Gasteiger partial charge < -0.3 is 9.04 Å². The molecule has 0 rings (SSSR count). The van der Waals surface area contributed by atoms with Crippen molar-refractivity contribution in [1.29, 1.82) is 0 Å². The molecule has 0 bridgehead atoms. The summed E-state index contributed by atoms with van der Waals surface area (Å²) < 4.78 is 34.3. The number of unbranched alkanes of at least 4 members (excludes halogenated alkanes) is 44. The van der Waals surface area contributed by atoms with Gasteiger partial charge in [-0.3, -0.25) is 4.55 Å². The Labute approximate surface area is 392 Å². The van der Waals surface area contributed by atoms with Crippen LogP contribution < -0.4 is 0 Å². The maximum atomic E-state index is 8.63. The molecule has 376 valence electrons. The van der Waals surface area contributed by atoms with Crippen LogP contribution >= 0.6 is 0 Å². The van der Waals surface area contributed by atoms with Gasteiger partial charge in [-0.1, -0.05) is 285 Å². The van der Waals surface area contributed by atoms with E-state index in [-0.39, 0.29) is 0 Å². The SMILES string of the molecule is CCCCCCCCCCCCCC[N+](CCCCCCCCCCCCCC)(CCCCCCCCCCCCCC)CCCCCCCCCCCCCC.O=S(=O)([O-])O. The average Bonchev–Trinajstić information content (AvgIpc) is 3.24. The van der Waals surface area contributed by atoms with Crippen molar-refractivity contribution in [3.63, 3.8) is 0 Å². The first kappa shape index (κ1) is 63.9. The van der Waals surface area contributed by atoms with Gasteiger partial charge in [-0.05, 0) is 51.4 Å². The monoisotopic (exact) mass is 900 g/mol. The van der Waals surface area contributed by atoms with E-state index in [4.69, 9.17) is 17.5 Å². The van der Waals surface area contributed by atoms with Gasteiger partial charge in [0, 0.05) is 0 Å². The Morgan fingerprint density at radius 2 is 0.355 bits per heavy atom. The predicted molar refractivity (Wildman–Crippen MR) is 276 cm³/mol. The van der Waals surface area contributed by atoms with E-state index < -0.39 is 10.4 Å².